The van der Waals surface area contributed by atoms with E-state index in [1.54, 1.807) is 41.6 Å². The number of hydrogen-bond donors (Lipinski definition) is 1. The number of carbonyl (C=O) groups is 1. The molecule has 0 atom stereocenters. The predicted octanol–water partition coefficient (Wildman–Crippen LogP) is 3.74. The van der Waals surface area contributed by atoms with Gasteiger partial charge in [0.25, 0.3) is 10.0 Å². The molecule has 7 nitrogen and oxygen atoms in total. The molecule has 0 radical (unpaired) electrons. The van der Waals surface area contributed by atoms with Crippen molar-refractivity contribution in [3.63, 3.8) is 0 Å². The molecule has 148 valence electrons. The van der Waals surface area contributed by atoms with Crippen LogP contribution in [0.2, 0.25) is 5.15 Å². The second-order valence-corrected chi connectivity index (χ2v) is 8.91. The normalized spacial score (nSPS) is 12.4. The number of nitrogens with zero attached hydrogens (tertiary/aromatic N) is 3. The molecule has 13 heteroatoms. The monoisotopic (exact) mass is 544 g/mol. The van der Waals surface area contributed by atoms with Crippen molar-refractivity contribution >= 4 is 67.1 Å². The Kier molecular flexibility index (Phi) is 5.31. The Morgan fingerprint density at radius 3 is 2.39 bits per heavy atom. The lowest BCUT2D eigenvalue weighted by Crippen LogP contribution is -2.30. The number of halogens is 5. The average molecular weight is 545 g/mol. The third-order valence-electron chi connectivity index (χ3n) is 3.58. The van der Waals surface area contributed by atoms with E-state index in [1.807, 2.05) is 0 Å². The van der Waals surface area contributed by atoms with Gasteiger partial charge in [-0.2, -0.15) is 23.1 Å². The molecular formula is C15H9ClF3IN4O3S. The topological polar surface area (TPSA) is 94.0 Å². The van der Waals surface area contributed by atoms with Gasteiger partial charge in [-0.25, -0.2) is 12.4 Å². The molecule has 0 bridgehead atoms. The number of benzene rings is 1. The third kappa shape index (κ3) is 3.80. The highest BCUT2D eigenvalue weighted by atomic mass is 127. The molecule has 0 aliphatic rings. The summed E-state index contributed by atoms with van der Waals surface area (Å²) in [6.07, 6.45) is -3.95. The van der Waals surface area contributed by atoms with Crippen molar-refractivity contribution in [2.75, 3.05) is 5.32 Å². The van der Waals surface area contributed by atoms with Gasteiger partial charge in [0.2, 0.25) is 5.95 Å². The second kappa shape index (κ2) is 7.15. The van der Waals surface area contributed by atoms with Crippen molar-refractivity contribution in [2.45, 2.75) is 18.0 Å². The Hall–Kier alpha value is -1.93. The fourth-order valence-corrected chi connectivity index (χ4v) is 4.95. The molecule has 3 rings (SSSR count). The average Bonchev–Trinajstić information content (AvgIpc) is 2.92. The Morgan fingerprint density at radius 2 is 1.82 bits per heavy atom. The number of hydrogen-bond acceptors (Lipinski definition) is 5. The summed E-state index contributed by atoms with van der Waals surface area (Å²) in [7, 11) is -4.12. The SMILES string of the molecule is Cc1ccc(S(=O)(=O)n2cc(I)c3c(Cl)nc(NC(=O)C(F)(F)F)nc32)cc1. The largest absolute Gasteiger partial charge is 0.471 e. The summed E-state index contributed by atoms with van der Waals surface area (Å²) in [5.41, 5.74) is 0.580. The number of fused-ring (bicyclic) bond motifs is 1. The summed E-state index contributed by atoms with van der Waals surface area (Å²) in [4.78, 5) is 18.5. The van der Waals surface area contributed by atoms with Gasteiger partial charge in [0.1, 0.15) is 5.15 Å². The quantitative estimate of drug-likeness (QED) is 0.401. The molecule has 2 heterocycles. The zero-order chi connectivity index (χ0) is 20.9. The van der Waals surface area contributed by atoms with Crippen LogP contribution in [0.1, 0.15) is 5.56 Å². The van der Waals surface area contributed by atoms with Gasteiger partial charge in [-0.1, -0.05) is 29.3 Å². The number of carbonyl (C=O) groups excluding carboxylic acids is 1. The van der Waals surface area contributed by atoms with E-state index in [9.17, 15) is 26.4 Å². The summed E-state index contributed by atoms with van der Waals surface area (Å²) in [6, 6.07) is 5.97. The van der Waals surface area contributed by atoms with E-state index in [1.165, 1.54) is 23.6 Å². The fraction of sp³-hybridized carbons (Fsp3) is 0.133. The van der Waals surface area contributed by atoms with Crippen LogP contribution >= 0.6 is 34.2 Å². The zero-order valence-electron chi connectivity index (χ0n) is 13.8. The lowest BCUT2D eigenvalue weighted by atomic mass is 10.2. The van der Waals surface area contributed by atoms with E-state index in [0.29, 0.717) is 3.57 Å². The molecule has 0 aliphatic heterocycles. The van der Waals surface area contributed by atoms with Gasteiger partial charge >= 0.3 is 12.1 Å². The second-order valence-electron chi connectivity index (χ2n) is 5.58. The Bertz CT molecular complexity index is 1190. The number of rotatable bonds is 3. The minimum absolute atomic E-state index is 0.0537. The summed E-state index contributed by atoms with van der Waals surface area (Å²) >= 11 is 7.80. The number of amides is 1. The van der Waals surface area contributed by atoms with Crippen molar-refractivity contribution in [1.29, 1.82) is 0 Å². The maximum atomic E-state index is 13.0. The first-order chi connectivity index (χ1) is 12.9. The highest BCUT2D eigenvalue weighted by Crippen LogP contribution is 2.31. The van der Waals surface area contributed by atoms with Crippen molar-refractivity contribution in [3.05, 3.63) is 44.7 Å². The highest BCUT2D eigenvalue weighted by molar-refractivity contribution is 14.1. The molecule has 0 saturated heterocycles. The maximum Gasteiger partial charge on any atom is 0.471 e. The van der Waals surface area contributed by atoms with Crippen LogP contribution < -0.4 is 5.32 Å². The van der Waals surface area contributed by atoms with E-state index < -0.39 is 28.1 Å². The molecule has 1 N–H and O–H groups in total. The molecule has 1 aromatic carbocycles. The van der Waals surface area contributed by atoms with Crippen LogP contribution in [-0.2, 0) is 14.8 Å². The first-order valence-corrected chi connectivity index (χ1v) is 10.3. The lowest BCUT2D eigenvalue weighted by Gasteiger charge is -2.09. The predicted molar refractivity (Wildman–Crippen MR) is 104 cm³/mol. The van der Waals surface area contributed by atoms with Gasteiger partial charge in [-0.15, -0.1) is 0 Å². The first-order valence-electron chi connectivity index (χ1n) is 7.36. The van der Waals surface area contributed by atoms with Crippen LogP contribution in [0.4, 0.5) is 19.1 Å². The Balaban J connectivity index is 2.19. The van der Waals surface area contributed by atoms with Gasteiger partial charge in [-0.3, -0.25) is 10.1 Å². The summed E-state index contributed by atoms with van der Waals surface area (Å²) < 4.78 is 64.5. The zero-order valence-corrected chi connectivity index (χ0v) is 17.5. The van der Waals surface area contributed by atoms with E-state index in [4.69, 9.17) is 11.6 Å². The molecule has 1 amide bonds. The molecule has 3 aromatic rings. The van der Waals surface area contributed by atoms with E-state index in [0.717, 1.165) is 9.54 Å². The number of aryl methyl sites for hydroxylation is 1. The van der Waals surface area contributed by atoms with Gasteiger partial charge in [-0.05, 0) is 41.6 Å². The van der Waals surface area contributed by atoms with E-state index in [-0.39, 0.29) is 21.1 Å². The standard InChI is InChI=1S/C15H9ClF3IN4O3S/c1-7-2-4-8(5-3-7)28(26,27)24-6-9(20)10-11(16)21-14(22-12(10)24)23-13(25)15(17,18)19/h2-6H,1H3,(H,21,22,23,25). The number of anilines is 1. The number of nitrogens with one attached hydrogen (secondary N) is 1. The third-order valence-corrected chi connectivity index (χ3v) is 6.34. The highest BCUT2D eigenvalue weighted by Gasteiger charge is 2.39. The van der Waals surface area contributed by atoms with E-state index in [2.05, 4.69) is 9.97 Å². The van der Waals surface area contributed by atoms with Gasteiger partial charge in [0, 0.05) is 9.77 Å². The minimum Gasteiger partial charge on any atom is -0.287 e. The molecule has 0 aliphatic carbocycles. The summed E-state index contributed by atoms with van der Waals surface area (Å²) in [6.45, 7) is 1.78. The molecule has 0 unspecified atom stereocenters. The van der Waals surface area contributed by atoms with Gasteiger partial charge in [0.05, 0.1) is 10.3 Å². The van der Waals surface area contributed by atoms with Crippen molar-refractivity contribution in [3.8, 4) is 0 Å². The van der Waals surface area contributed by atoms with Crippen LogP contribution in [0.5, 0.6) is 0 Å². The summed E-state index contributed by atoms with van der Waals surface area (Å²) in [5.74, 6) is -3.08. The fourth-order valence-electron chi connectivity index (χ4n) is 2.25. The van der Waals surface area contributed by atoms with Crippen molar-refractivity contribution < 1.29 is 26.4 Å². The van der Waals surface area contributed by atoms with Crippen LogP contribution in [-0.4, -0.2) is 34.4 Å². The number of alkyl halides is 3. The van der Waals surface area contributed by atoms with Gasteiger partial charge in [0.15, 0.2) is 5.65 Å². The Morgan fingerprint density at radius 1 is 1.21 bits per heavy atom. The van der Waals surface area contributed by atoms with Crippen molar-refractivity contribution in [1.82, 2.24) is 13.9 Å². The van der Waals surface area contributed by atoms with Crippen molar-refractivity contribution in [2.24, 2.45) is 0 Å². The van der Waals surface area contributed by atoms with Crippen LogP contribution in [0, 0.1) is 10.5 Å². The summed E-state index contributed by atoms with van der Waals surface area (Å²) in [5, 5.41) is 1.30. The molecule has 28 heavy (non-hydrogen) atoms. The first kappa shape index (κ1) is 20.8. The number of aromatic nitrogens is 3. The van der Waals surface area contributed by atoms with Crippen LogP contribution in [0.25, 0.3) is 11.0 Å². The van der Waals surface area contributed by atoms with E-state index >= 15 is 0 Å². The maximum absolute atomic E-state index is 13.0. The van der Waals surface area contributed by atoms with Gasteiger partial charge < -0.3 is 0 Å². The van der Waals surface area contributed by atoms with Crippen LogP contribution in [0.15, 0.2) is 35.4 Å². The molecule has 2 aromatic heterocycles. The Labute approximate surface area is 175 Å². The lowest BCUT2D eigenvalue weighted by molar-refractivity contribution is -0.167. The molecular weight excluding hydrogens is 536 g/mol. The van der Waals surface area contributed by atoms with Crippen LogP contribution in [0.3, 0.4) is 0 Å². The minimum atomic E-state index is -5.17. The molecule has 0 spiro atoms. The molecule has 0 fully saturated rings. The smallest absolute Gasteiger partial charge is 0.287 e. The molecule has 0 saturated carbocycles.